The van der Waals surface area contributed by atoms with Crippen LogP contribution in [0, 0.1) is 11.8 Å². The van der Waals surface area contributed by atoms with Crippen LogP contribution < -0.4 is 11.3 Å². The van der Waals surface area contributed by atoms with E-state index >= 15 is 0 Å². The van der Waals surface area contributed by atoms with Gasteiger partial charge in [0.15, 0.2) is 0 Å². The van der Waals surface area contributed by atoms with Gasteiger partial charge in [-0.05, 0) is 25.2 Å². The van der Waals surface area contributed by atoms with Gasteiger partial charge in [0.1, 0.15) is 0 Å². The lowest BCUT2D eigenvalue weighted by Gasteiger charge is -2.15. The molecule has 1 saturated carbocycles. The summed E-state index contributed by atoms with van der Waals surface area (Å²) in [5, 5.41) is 0. The van der Waals surface area contributed by atoms with Crippen molar-refractivity contribution in [2.45, 2.75) is 25.7 Å². The first-order chi connectivity index (χ1) is 7.20. The second-order valence-electron chi connectivity index (χ2n) is 4.48. The van der Waals surface area contributed by atoms with Crippen LogP contribution in [-0.2, 0) is 9.59 Å². The Morgan fingerprint density at radius 3 is 2.67 bits per heavy atom. The molecular formula is C10H17N3O2. The fourth-order valence-corrected chi connectivity index (χ4v) is 2.11. The number of amides is 2. The Hall–Kier alpha value is -1.10. The standard InChI is InChI=1S/C10H17N3O2/c11-12-9(14)5-7-3-4-13(6-7)10(15)8-1-2-8/h7-8H,1-6,11H2,(H,12,14). The maximum atomic E-state index is 11.7. The molecule has 0 aromatic carbocycles. The van der Waals surface area contributed by atoms with Gasteiger partial charge in [-0.2, -0.15) is 0 Å². The first-order valence-electron chi connectivity index (χ1n) is 5.49. The van der Waals surface area contributed by atoms with Crippen molar-refractivity contribution in [3.8, 4) is 0 Å². The summed E-state index contributed by atoms with van der Waals surface area (Å²) in [4.78, 5) is 24.7. The maximum Gasteiger partial charge on any atom is 0.234 e. The van der Waals surface area contributed by atoms with Crippen LogP contribution in [0.4, 0.5) is 0 Å². The van der Waals surface area contributed by atoms with Gasteiger partial charge >= 0.3 is 0 Å². The molecule has 1 saturated heterocycles. The molecule has 2 amide bonds. The van der Waals surface area contributed by atoms with Crippen molar-refractivity contribution in [3.63, 3.8) is 0 Å². The predicted molar refractivity (Wildman–Crippen MR) is 54.4 cm³/mol. The normalized spacial score (nSPS) is 25.4. The van der Waals surface area contributed by atoms with Gasteiger partial charge in [0.05, 0.1) is 0 Å². The molecule has 2 aliphatic rings. The average Bonchev–Trinajstić information content (AvgIpc) is 2.98. The van der Waals surface area contributed by atoms with Crippen LogP contribution in [0.2, 0.25) is 0 Å². The zero-order valence-electron chi connectivity index (χ0n) is 8.74. The molecule has 2 fully saturated rings. The molecule has 1 aliphatic carbocycles. The maximum absolute atomic E-state index is 11.7. The van der Waals surface area contributed by atoms with Crippen molar-refractivity contribution < 1.29 is 9.59 Å². The van der Waals surface area contributed by atoms with Crippen LogP contribution in [0.15, 0.2) is 0 Å². The van der Waals surface area contributed by atoms with Crippen molar-refractivity contribution in [2.24, 2.45) is 17.7 Å². The van der Waals surface area contributed by atoms with E-state index < -0.39 is 0 Å². The minimum absolute atomic E-state index is 0.138. The molecule has 84 valence electrons. The number of nitrogens with zero attached hydrogens (tertiary/aromatic N) is 1. The first-order valence-corrected chi connectivity index (χ1v) is 5.49. The number of likely N-dealkylation sites (tertiary alicyclic amines) is 1. The van der Waals surface area contributed by atoms with Gasteiger partial charge in [-0.3, -0.25) is 15.0 Å². The molecule has 3 N–H and O–H groups in total. The Bertz CT molecular complexity index is 276. The molecule has 2 rings (SSSR count). The predicted octanol–water partition coefficient (Wildman–Crippen LogP) is -0.375. The van der Waals surface area contributed by atoms with Gasteiger partial charge in [0.2, 0.25) is 11.8 Å². The van der Waals surface area contributed by atoms with E-state index in [1.165, 1.54) is 0 Å². The molecular weight excluding hydrogens is 194 g/mol. The van der Waals surface area contributed by atoms with Crippen molar-refractivity contribution in [1.29, 1.82) is 0 Å². The largest absolute Gasteiger partial charge is 0.342 e. The van der Waals surface area contributed by atoms with Crippen LogP contribution in [0.1, 0.15) is 25.7 Å². The first kappa shape index (κ1) is 10.4. The Morgan fingerprint density at radius 2 is 2.07 bits per heavy atom. The Balaban J connectivity index is 1.78. The van der Waals surface area contributed by atoms with E-state index in [2.05, 4.69) is 5.43 Å². The molecule has 1 aliphatic heterocycles. The summed E-state index contributed by atoms with van der Waals surface area (Å²) in [5.41, 5.74) is 2.13. The van der Waals surface area contributed by atoms with E-state index in [1.54, 1.807) is 0 Å². The van der Waals surface area contributed by atoms with Gasteiger partial charge in [0, 0.05) is 25.4 Å². The minimum Gasteiger partial charge on any atom is -0.342 e. The summed E-state index contributed by atoms with van der Waals surface area (Å²) >= 11 is 0. The lowest BCUT2D eigenvalue weighted by Crippen LogP contribution is -2.33. The number of nitrogens with one attached hydrogen (secondary N) is 1. The second kappa shape index (κ2) is 4.18. The van der Waals surface area contributed by atoms with Crippen LogP contribution in [0.5, 0.6) is 0 Å². The molecule has 1 unspecified atom stereocenters. The Kier molecular flexibility index (Phi) is 2.90. The quantitative estimate of drug-likeness (QED) is 0.380. The highest BCUT2D eigenvalue weighted by Crippen LogP contribution is 2.33. The molecule has 5 nitrogen and oxygen atoms in total. The number of hydrogen-bond acceptors (Lipinski definition) is 3. The van der Waals surface area contributed by atoms with Gasteiger partial charge < -0.3 is 4.90 Å². The smallest absolute Gasteiger partial charge is 0.234 e. The molecule has 0 radical (unpaired) electrons. The van der Waals surface area contributed by atoms with Crippen LogP contribution in [-0.4, -0.2) is 29.8 Å². The molecule has 1 heterocycles. The highest BCUT2D eigenvalue weighted by molar-refractivity contribution is 5.81. The zero-order chi connectivity index (χ0) is 10.8. The number of rotatable bonds is 3. The molecule has 0 bridgehead atoms. The lowest BCUT2D eigenvalue weighted by atomic mass is 10.1. The van der Waals surface area contributed by atoms with Gasteiger partial charge in [-0.15, -0.1) is 0 Å². The molecule has 5 heteroatoms. The summed E-state index contributed by atoms with van der Waals surface area (Å²) in [7, 11) is 0. The Morgan fingerprint density at radius 1 is 1.33 bits per heavy atom. The summed E-state index contributed by atoms with van der Waals surface area (Å²) < 4.78 is 0. The van der Waals surface area contributed by atoms with Crippen molar-refractivity contribution in [2.75, 3.05) is 13.1 Å². The summed E-state index contributed by atoms with van der Waals surface area (Å²) in [5.74, 6) is 5.74. The summed E-state index contributed by atoms with van der Waals surface area (Å²) in [6.07, 6.45) is 3.45. The zero-order valence-corrected chi connectivity index (χ0v) is 8.74. The van der Waals surface area contributed by atoms with E-state index in [-0.39, 0.29) is 23.7 Å². The fourth-order valence-electron chi connectivity index (χ4n) is 2.11. The van der Waals surface area contributed by atoms with Crippen molar-refractivity contribution >= 4 is 11.8 Å². The number of hydrazine groups is 1. The van der Waals surface area contributed by atoms with E-state index in [0.717, 1.165) is 32.4 Å². The minimum atomic E-state index is -0.138. The van der Waals surface area contributed by atoms with E-state index in [4.69, 9.17) is 5.84 Å². The van der Waals surface area contributed by atoms with E-state index in [0.29, 0.717) is 6.42 Å². The third kappa shape index (κ3) is 2.47. The molecule has 15 heavy (non-hydrogen) atoms. The molecule has 0 aromatic rings. The van der Waals surface area contributed by atoms with Crippen molar-refractivity contribution in [3.05, 3.63) is 0 Å². The number of hydrogen-bond donors (Lipinski definition) is 2. The molecule has 1 atom stereocenters. The average molecular weight is 211 g/mol. The topological polar surface area (TPSA) is 75.4 Å². The highest BCUT2D eigenvalue weighted by Gasteiger charge is 2.36. The number of carbonyl (C=O) groups is 2. The monoisotopic (exact) mass is 211 g/mol. The Labute approximate surface area is 89.0 Å². The SMILES string of the molecule is NNC(=O)CC1CCN(C(=O)C2CC2)C1. The van der Waals surface area contributed by atoms with E-state index in [1.807, 2.05) is 4.90 Å². The summed E-state index contributed by atoms with van der Waals surface area (Å²) in [6.45, 7) is 1.53. The summed E-state index contributed by atoms with van der Waals surface area (Å²) in [6, 6.07) is 0. The van der Waals surface area contributed by atoms with Crippen LogP contribution >= 0.6 is 0 Å². The van der Waals surface area contributed by atoms with Crippen molar-refractivity contribution in [1.82, 2.24) is 10.3 Å². The molecule has 0 aromatic heterocycles. The van der Waals surface area contributed by atoms with Gasteiger partial charge in [-0.25, -0.2) is 5.84 Å². The number of carbonyl (C=O) groups excluding carboxylic acids is 2. The second-order valence-corrected chi connectivity index (χ2v) is 4.48. The highest BCUT2D eigenvalue weighted by atomic mass is 16.2. The lowest BCUT2D eigenvalue weighted by molar-refractivity contribution is -0.132. The molecule has 0 spiro atoms. The number of nitrogens with two attached hydrogens (primary N) is 1. The van der Waals surface area contributed by atoms with Crippen LogP contribution in [0.3, 0.4) is 0 Å². The third-order valence-corrected chi connectivity index (χ3v) is 3.16. The van der Waals surface area contributed by atoms with E-state index in [9.17, 15) is 9.59 Å². The fraction of sp³-hybridized carbons (Fsp3) is 0.800. The van der Waals surface area contributed by atoms with Crippen LogP contribution in [0.25, 0.3) is 0 Å². The third-order valence-electron chi connectivity index (χ3n) is 3.16. The van der Waals surface area contributed by atoms with Gasteiger partial charge in [-0.1, -0.05) is 0 Å². The van der Waals surface area contributed by atoms with Gasteiger partial charge in [0.25, 0.3) is 0 Å².